The molecule has 1 aromatic rings. The van der Waals surface area contributed by atoms with Gasteiger partial charge in [-0.05, 0) is 69.3 Å². The SMILES string of the molecule is COC(=O)[C@@H](Cc1ccccc1)NC(=O)[C@@H](NC(=O)[C@@H](CC(C)C)NC(=O)[C@@H](CC(C)C)NC(=O)[C@H](CC(C)C)NC(=O)OC(C)(C)C)C(C)C. The summed E-state index contributed by atoms with van der Waals surface area (Å²) in [5.74, 6) is -3.25. The lowest BCUT2D eigenvalue weighted by Gasteiger charge is -2.29. The summed E-state index contributed by atoms with van der Waals surface area (Å²) in [6, 6.07) is 4.13. The lowest BCUT2D eigenvalue weighted by molar-refractivity contribution is -0.145. The number of carbonyl (C=O) groups is 6. The van der Waals surface area contributed by atoms with E-state index in [0.29, 0.717) is 6.42 Å². The first-order valence-corrected chi connectivity index (χ1v) is 18.0. The Labute approximate surface area is 304 Å². The highest BCUT2D eigenvalue weighted by Gasteiger charge is 2.34. The molecule has 0 fully saturated rings. The van der Waals surface area contributed by atoms with Crippen molar-refractivity contribution in [3.8, 4) is 0 Å². The highest BCUT2D eigenvalue weighted by Crippen LogP contribution is 2.14. The Morgan fingerprint density at radius 3 is 1.39 bits per heavy atom. The molecule has 5 amide bonds. The molecule has 0 unspecified atom stereocenters. The average Bonchev–Trinajstić information content (AvgIpc) is 3.00. The third-order valence-corrected chi connectivity index (χ3v) is 7.73. The fourth-order valence-electron chi connectivity index (χ4n) is 5.34. The lowest BCUT2D eigenvalue weighted by Crippen LogP contribution is -2.60. The standard InChI is InChI=1S/C38H63N5O8/c1-22(2)18-27(39-33(45)29(20-24(5)6)42-37(49)51-38(9,10)11)32(44)40-28(19-23(3)4)34(46)43-31(25(7)8)35(47)41-30(36(48)50-12)21-26-16-14-13-15-17-26/h13-17,22-25,27-31H,18-21H2,1-12H3,(H,39,45)(H,40,44)(H,41,47)(H,42,49)(H,43,46)/t27-,28-,29+,30-,31+/m1/s1. The van der Waals surface area contributed by atoms with Crippen LogP contribution < -0.4 is 26.6 Å². The normalized spacial score (nSPS) is 14.6. The summed E-state index contributed by atoms with van der Waals surface area (Å²) in [6.07, 6.45) is 0.269. The molecule has 0 aliphatic carbocycles. The molecule has 0 saturated heterocycles. The predicted molar refractivity (Wildman–Crippen MR) is 196 cm³/mol. The van der Waals surface area contributed by atoms with E-state index in [2.05, 4.69) is 26.6 Å². The van der Waals surface area contributed by atoms with Gasteiger partial charge >= 0.3 is 12.1 Å². The van der Waals surface area contributed by atoms with E-state index in [4.69, 9.17) is 9.47 Å². The minimum atomic E-state index is -1.04. The van der Waals surface area contributed by atoms with Crippen LogP contribution in [0.5, 0.6) is 0 Å². The lowest BCUT2D eigenvalue weighted by atomic mass is 9.97. The molecule has 0 heterocycles. The zero-order valence-electron chi connectivity index (χ0n) is 32.7. The van der Waals surface area contributed by atoms with Crippen molar-refractivity contribution in [3.63, 3.8) is 0 Å². The molecule has 13 nitrogen and oxygen atoms in total. The third kappa shape index (κ3) is 17.6. The van der Waals surface area contributed by atoms with Crippen molar-refractivity contribution in [1.82, 2.24) is 26.6 Å². The fraction of sp³-hybridized carbons (Fsp3) is 0.684. The zero-order chi connectivity index (χ0) is 39.1. The van der Waals surface area contributed by atoms with Gasteiger partial charge in [-0.3, -0.25) is 19.2 Å². The number of esters is 1. The Hall–Kier alpha value is -4.16. The summed E-state index contributed by atoms with van der Waals surface area (Å²) in [4.78, 5) is 79.8. The number of carbonyl (C=O) groups excluding carboxylic acids is 6. The summed E-state index contributed by atoms with van der Waals surface area (Å²) >= 11 is 0. The molecule has 0 saturated carbocycles. The third-order valence-electron chi connectivity index (χ3n) is 7.73. The van der Waals surface area contributed by atoms with Crippen LogP contribution in [0.25, 0.3) is 0 Å². The number of benzene rings is 1. The molecule has 0 aromatic heterocycles. The molecule has 0 aliphatic rings. The van der Waals surface area contributed by atoms with E-state index in [0.717, 1.165) is 5.56 Å². The summed E-state index contributed by atoms with van der Waals surface area (Å²) in [5, 5.41) is 13.8. The van der Waals surface area contributed by atoms with E-state index in [1.807, 2.05) is 71.9 Å². The average molecular weight is 718 g/mol. The quantitative estimate of drug-likeness (QED) is 0.133. The smallest absolute Gasteiger partial charge is 0.408 e. The van der Waals surface area contributed by atoms with Gasteiger partial charge in [0.25, 0.3) is 0 Å². The van der Waals surface area contributed by atoms with Crippen LogP contribution in [0.4, 0.5) is 4.79 Å². The minimum Gasteiger partial charge on any atom is -0.467 e. The first-order valence-electron chi connectivity index (χ1n) is 18.0. The number of nitrogens with one attached hydrogen (secondary N) is 5. The van der Waals surface area contributed by atoms with Gasteiger partial charge in [-0.1, -0.05) is 85.7 Å². The number of hydrogen-bond donors (Lipinski definition) is 5. The van der Waals surface area contributed by atoms with E-state index in [1.54, 1.807) is 34.6 Å². The molecule has 288 valence electrons. The Kier molecular flexibility index (Phi) is 18.7. The molecule has 0 aliphatic heterocycles. The number of alkyl carbamates (subject to hydrolysis) is 1. The number of hydrogen-bond acceptors (Lipinski definition) is 8. The minimum absolute atomic E-state index is 0.00607. The van der Waals surface area contributed by atoms with Gasteiger partial charge in [0.2, 0.25) is 23.6 Å². The van der Waals surface area contributed by atoms with Gasteiger partial charge < -0.3 is 36.1 Å². The molecule has 13 heteroatoms. The summed E-state index contributed by atoms with van der Waals surface area (Å²) in [6.45, 7) is 20.1. The van der Waals surface area contributed by atoms with E-state index in [9.17, 15) is 28.8 Å². The first-order chi connectivity index (χ1) is 23.6. The Morgan fingerprint density at radius 1 is 0.588 bits per heavy atom. The zero-order valence-corrected chi connectivity index (χ0v) is 32.7. The van der Waals surface area contributed by atoms with Gasteiger partial charge in [0, 0.05) is 6.42 Å². The monoisotopic (exact) mass is 717 g/mol. The van der Waals surface area contributed by atoms with Crippen LogP contribution in [0.3, 0.4) is 0 Å². The Balaban J connectivity index is 3.22. The van der Waals surface area contributed by atoms with Crippen molar-refractivity contribution >= 4 is 35.7 Å². The molecule has 0 bridgehead atoms. The molecule has 0 spiro atoms. The molecule has 5 N–H and O–H groups in total. The molecule has 0 radical (unpaired) electrons. The highest BCUT2D eigenvalue weighted by atomic mass is 16.6. The van der Waals surface area contributed by atoms with E-state index in [-0.39, 0.29) is 42.9 Å². The van der Waals surface area contributed by atoms with Gasteiger partial charge in [0.15, 0.2) is 0 Å². The van der Waals surface area contributed by atoms with E-state index >= 15 is 0 Å². The molecule has 5 atom stereocenters. The van der Waals surface area contributed by atoms with Crippen molar-refractivity contribution in [2.45, 2.75) is 138 Å². The van der Waals surface area contributed by atoms with Gasteiger partial charge in [-0.15, -0.1) is 0 Å². The fourth-order valence-corrected chi connectivity index (χ4v) is 5.34. The number of amides is 5. The Morgan fingerprint density at radius 2 is 1.00 bits per heavy atom. The maximum atomic E-state index is 13.8. The molecule has 51 heavy (non-hydrogen) atoms. The van der Waals surface area contributed by atoms with Gasteiger partial charge in [-0.25, -0.2) is 9.59 Å². The van der Waals surface area contributed by atoms with Crippen molar-refractivity contribution in [3.05, 3.63) is 35.9 Å². The molecule has 1 rings (SSSR count). The second-order valence-electron chi connectivity index (χ2n) is 15.7. The Bertz CT molecular complexity index is 1290. The number of rotatable bonds is 19. The van der Waals surface area contributed by atoms with Crippen LogP contribution in [0.15, 0.2) is 30.3 Å². The van der Waals surface area contributed by atoms with Gasteiger partial charge in [0.1, 0.15) is 35.8 Å². The van der Waals surface area contributed by atoms with E-state index in [1.165, 1.54) is 7.11 Å². The molecule has 1 aromatic carbocycles. The predicted octanol–water partition coefficient (Wildman–Crippen LogP) is 4.03. The highest BCUT2D eigenvalue weighted by molar-refractivity contribution is 5.96. The van der Waals surface area contributed by atoms with Crippen molar-refractivity contribution in [1.29, 1.82) is 0 Å². The topological polar surface area (TPSA) is 181 Å². The maximum Gasteiger partial charge on any atom is 0.408 e. The second-order valence-corrected chi connectivity index (χ2v) is 15.7. The maximum absolute atomic E-state index is 13.8. The first kappa shape index (κ1) is 44.9. The van der Waals surface area contributed by atoms with Crippen LogP contribution in [0, 0.1) is 23.7 Å². The van der Waals surface area contributed by atoms with Crippen LogP contribution in [0.1, 0.15) is 101 Å². The number of ether oxygens (including phenoxy) is 2. The summed E-state index contributed by atoms with van der Waals surface area (Å²) in [5.41, 5.74) is 0.0485. The van der Waals surface area contributed by atoms with Crippen LogP contribution >= 0.6 is 0 Å². The van der Waals surface area contributed by atoms with Crippen molar-refractivity contribution < 1.29 is 38.2 Å². The largest absolute Gasteiger partial charge is 0.467 e. The van der Waals surface area contributed by atoms with Crippen LogP contribution in [-0.2, 0) is 39.9 Å². The van der Waals surface area contributed by atoms with Gasteiger partial charge in [0.05, 0.1) is 7.11 Å². The van der Waals surface area contributed by atoms with E-state index < -0.39 is 71.5 Å². The number of methoxy groups -OCH3 is 1. The second kappa shape index (κ2) is 21.3. The van der Waals surface area contributed by atoms with Crippen molar-refractivity contribution in [2.24, 2.45) is 23.7 Å². The van der Waals surface area contributed by atoms with Crippen molar-refractivity contribution in [2.75, 3.05) is 7.11 Å². The summed E-state index contributed by atoms with van der Waals surface area (Å²) < 4.78 is 10.3. The van der Waals surface area contributed by atoms with Crippen LogP contribution in [0.2, 0.25) is 0 Å². The molecular formula is C38H63N5O8. The van der Waals surface area contributed by atoms with Gasteiger partial charge in [-0.2, -0.15) is 0 Å². The summed E-state index contributed by atoms with van der Waals surface area (Å²) in [7, 11) is 1.24. The van der Waals surface area contributed by atoms with Crippen LogP contribution in [-0.4, -0.2) is 78.6 Å². The molecular weight excluding hydrogens is 654 g/mol.